The van der Waals surface area contributed by atoms with Gasteiger partial charge in [0.25, 0.3) is 5.91 Å². The zero-order chi connectivity index (χ0) is 13.9. The number of aromatic nitrogens is 3. The van der Waals surface area contributed by atoms with E-state index in [4.69, 9.17) is 0 Å². The molecule has 0 fully saturated rings. The molecule has 0 aliphatic heterocycles. The second-order valence-corrected chi connectivity index (χ2v) is 5.37. The topological polar surface area (TPSA) is 70.7 Å². The third-order valence-electron chi connectivity index (χ3n) is 2.72. The summed E-state index contributed by atoms with van der Waals surface area (Å²) in [5, 5.41) is 3.56. The Hall–Kier alpha value is -2.47. The smallest absolute Gasteiger partial charge is 0.278 e. The summed E-state index contributed by atoms with van der Waals surface area (Å²) in [6, 6.07) is 9.77. The third-order valence-corrected chi connectivity index (χ3v) is 3.74. The standard InChI is InChI=1S/C14H12N4OS/c1-9-17-11(13(19)18-14-15-7-8-16-14)12(20-9)10-5-3-2-4-6-10/h2-8H,1H3,(H2,15,16,18,19). The van der Waals surface area contributed by atoms with Gasteiger partial charge in [-0.25, -0.2) is 9.97 Å². The van der Waals surface area contributed by atoms with Crippen LogP contribution in [0.15, 0.2) is 42.7 Å². The van der Waals surface area contributed by atoms with E-state index >= 15 is 0 Å². The molecule has 0 atom stereocenters. The van der Waals surface area contributed by atoms with E-state index < -0.39 is 0 Å². The van der Waals surface area contributed by atoms with Crippen LogP contribution >= 0.6 is 11.3 Å². The first-order valence-electron chi connectivity index (χ1n) is 6.07. The number of benzene rings is 1. The molecule has 1 amide bonds. The highest BCUT2D eigenvalue weighted by atomic mass is 32.1. The first-order chi connectivity index (χ1) is 9.74. The van der Waals surface area contributed by atoms with Crippen molar-refractivity contribution in [1.29, 1.82) is 0 Å². The molecule has 0 saturated carbocycles. The number of aromatic amines is 1. The molecule has 0 aliphatic rings. The Labute approximate surface area is 119 Å². The molecule has 0 unspecified atom stereocenters. The number of nitrogens with zero attached hydrogens (tertiary/aromatic N) is 2. The van der Waals surface area contributed by atoms with Crippen molar-refractivity contribution in [1.82, 2.24) is 15.0 Å². The maximum atomic E-state index is 12.3. The third kappa shape index (κ3) is 2.46. The van der Waals surface area contributed by atoms with Gasteiger partial charge in [-0.2, -0.15) is 0 Å². The summed E-state index contributed by atoms with van der Waals surface area (Å²) < 4.78 is 0. The minimum absolute atomic E-state index is 0.261. The molecule has 2 N–H and O–H groups in total. The molecule has 100 valence electrons. The fourth-order valence-corrected chi connectivity index (χ4v) is 2.79. The van der Waals surface area contributed by atoms with Crippen LogP contribution in [0.2, 0.25) is 0 Å². The van der Waals surface area contributed by atoms with Gasteiger partial charge in [-0.15, -0.1) is 11.3 Å². The van der Waals surface area contributed by atoms with Crippen molar-refractivity contribution >= 4 is 23.2 Å². The number of rotatable bonds is 3. The molecule has 2 heterocycles. The van der Waals surface area contributed by atoms with Crippen LogP contribution in [0.1, 0.15) is 15.5 Å². The first kappa shape index (κ1) is 12.6. The van der Waals surface area contributed by atoms with Crippen molar-refractivity contribution < 1.29 is 4.79 Å². The molecular weight excluding hydrogens is 272 g/mol. The lowest BCUT2D eigenvalue weighted by molar-refractivity contribution is 0.102. The minimum atomic E-state index is -0.261. The molecule has 0 aliphatic carbocycles. The van der Waals surface area contributed by atoms with E-state index in [1.165, 1.54) is 11.3 Å². The number of thiazole rings is 1. The number of carbonyl (C=O) groups excluding carboxylic acids is 1. The zero-order valence-corrected chi connectivity index (χ0v) is 11.6. The van der Waals surface area contributed by atoms with Crippen LogP contribution in [0, 0.1) is 6.92 Å². The normalized spacial score (nSPS) is 10.4. The SMILES string of the molecule is Cc1nc(C(=O)Nc2ncc[nH]2)c(-c2ccccc2)s1. The molecule has 6 heteroatoms. The van der Waals surface area contributed by atoms with Gasteiger partial charge >= 0.3 is 0 Å². The van der Waals surface area contributed by atoms with E-state index in [0.717, 1.165) is 15.4 Å². The Kier molecular flexibility index (Phi) is 3.30. The number of H-pyrrole nitrogens is 1. The number of hydrogen-bond acceptors (Lipinski definition) is 4. The van der Waals surface area contributed by atoms with Crippen LogP contribution in [0.3, 0.4) is 0 Å². The highest BCUT2D eigenvalue weighted by Gasteiger charge is 2.18. The molecular formula is C14H12N4OS. The molecule has 0 bridgehead atoms. The first-order valence-corrected chi connectivity index (χ1v) is 6.89. The summed E-state index contributed by atoms with van der Waals surface area (Å²) in [5.41, 5.74) is 1.41. The number of hydrogen-bond donors (Lipinski definition) is 2. The summed E-state index contributed by atoms with van der Waals surface area (Å²) >= 11 is 1.51. The summed E-state index contributed by atoms with van der Waals surface area (Å²) in [5.74, 6) is 0.155. The van der Waals surface area contributed by atoms with Gasteiger partial charge in [0.05, 0.1) is 9.88 Å². The lowest BCUT2D eigenvalue weighted by atomic mass is 10.1. The van der Waals surface area contributed by atoms with E-state index in [9.17, 15) is 4.79 Å². The van der Waals surface area contributed by atoms with Gasteiger partial charge in [0.2, 0.25) is 5.95 Å². The molecule has 3 rings (SSSR count). The predicted molar refractivity (Wildman–Crippen MR) is 78.8 cm³/mol. The summed E-state index contributed by atoms with van der Waals surface area (Å²) in [7, 11) is 0. The molecule has 1 aromatic carbocycles. The van der Waals surface area contributed by atoms with Gasteiger partial charge < -0.3 is 4.98 Å². The molecule has 0 spiro atoms. The number of amides is 1. The van der Waals surface area contributed by atoms with Crippen LogP contribution in [-0.4, -0.2) is 20.9 Å². The van der Waals surface area contributed by atoms with Gasteiger partial charge in [-0.1, -0.05) is 30.3 Å². The summed E-state index contributed by atoms with van der Waals surface area (Å²) in [6.45, 7) is 1.89. The molecule has 2 aromatic heterocycles. The van der Waals surface area contributed by atoms with E-state index in [-0.39, 0.29) is 5.91 Å². The van der Waals surface area contributed by atoms with Crippen molar-refractivity contribution in [2.24, 2.45) is 0 Å². The van der Waals surface area contributed by atoms with Gasteiger partial charge in [-0.05, 0) is 12.5 Å². The summed E-state index contributed by atoms with van der Waals surface area (Å²) in [4.78, 5) is 24.3. The van der Waals surface area contributed by atoms with Gasteiger partial charge in [0.1, 0.15) is 5.69 Å². The molecule has 20 heavy (non-hydrogen) atoms. The van der Waals surface area contributed by atoms with Crippen LogP contribution in [0.5, 0.6) is 0 Å². The maximum absolute atomic E-state index is 12.3. The van der Waals surface area contributed by atoms with Crippen LogP contribution in [-0.2, 0) is 0 Å². The quantitative estimate of drug-likeness (QED) is 0.776. The van der Waals surface area contributed by atoms with Crippen molar-refractivity contribution in [3.05, 3.63) is 53.4 Å². The Morgan fingerprint density at radius 1 is 1.30 bits per heavy atom. The fraction of sp³-hybridized carbons (Fsp3) is 0.0714. The van der Waals surface area contributed by atoms with E-state index in [0.29, 0.717) is 11.6 Å². The van der Waals surface area contributed by atoms with Crippen molar-refractivity contribution in [3.8, 4) is 10.4 Å². The Morgan fingerprint density at radius 3 is 2.80 bits per heavy atom. The molecule has 0 radical (unpaired) electrons. The fourth-order valence-electron chi connectivity index (χ4n) is 1.87. The van der Waals surface area contributed by atoms with Crippen molar-refractivity contribution in [2.45, 2.75) is 6.92 Å². The molecule has 5 nitrogen and oxygen atoms in total. The number of nitrogens with one attached hydrogen (secondary N) is 2. The zero-order valence-electron chi connectivity index (χ0n) is 10.8. The molecule has 0 saturated heterocycles. The van der Waals surface area contributed by atoms with Gasteiger partial charge in [0, 0.05) is 12.4 Å². The van der Waals surface area contributed by atoms with E-state index in [1.807, 2.05) is 37.3 Å². The summed E-state index contributed by atoms with van der Waals surface area (Å²) in [6.07, 6.45) is 3.24. The highest BCUT2D eigenvalue weighted by molar-refractivity contribution is 7.15. The number of imidazole rings is 1. The average molecular weight is 284 g/mol. The Balaban J connectivity index is 1.96. The second-order valence-electron chi connectivity index (χ2n) is 4.17. The number of carbonyl (C=O) groups is 1. The van der Waals surface area contributed by atoms with Crippen LogP contribution in [0.25, 0.3) is 10.4 Å². The maximum Gasteiger partial charge on any atom is 0.278 e. The van der Waals surface area contributed by atoms with Crippen molar-refractivity contribution in [3.63, 3.8) is 0 Å². The number of aryl methyl sites for hydroxylation is 1. The second kappa shape index (κ2) is 5.26. The Bertz CT molecular complexity index is 719. The predicted octanol–water partition coefficient (Wildman–Crippen LogP) is 3.09. The van der Waals surface area contributed by atoms with Crippen molar-refractivity contribution in [2.75, 3.05) is 5.32 Å². The minimum Gasteiger partial charge on any atom is -0.331 e. The average Bonchev–Trinajstić information content (AvgIpc) is 3.09. The van der Waals surface area contributed by atoms with E-state index in [2.05, 4.69) is 20.3 Å². The van der Waals surface area contributed by atoms with Crippen LogP contribution in [0.4, 0.5) is 5.95 Å². The monoisotopic (exact) mass is 284 g/mol. The largest absolute Gasteiger partial charge is 0.331 e. The van der Waals surface area contributed by atoms with Crippen LogP contribution < -0.4 is 5.32 Å². The molecule has 3 aromatic rings. The van der Waals surface area contributed by atoms with Gasteiger partial charge in [-0.3, -0.25) is 10.1 Å². The lowest BCUT2D eigenvalue weighted by Gasteiger charge is -2.02. The van der Waals surface area contributed by atoms with Gasteiger partial charge in [0.15, 0.2) is 0 Å². The Morgan fingerprint density at radius 2 is 2.10 bits per heavy atom. The highest BCUT2D eigenvalue weighted by Crippen LogP contribution is 2.30. The number of anilines is 1. The lowest BCUT2D eigenvalue weighted by Crippen LogP contribution is -2.14. The van der Waals surface area contributed by atoms with E-state index in [1.54, 1.807) is 12.4 Å².